The quantitative estimate of drug-likeness (QED) is 0.591. The van der Waals surface area contributed by atoms with Crippen LogP contribution in [0.2, 0.25) is 5.02 Å². The monoisotopic (exact) mass is 210 g/mol. The maximum atomic E-state index is 6.08. The summed E-state index contributed by atoms with van der Waals surface area (Å²) in [6.07, 6.45) is 0. The zero-order valence-electron chi connectivity index (χ0n) is 8.71. The highest BCUT2D eigenvalue weighted by atomic mass is 35.5. The zero-order chi connectivity index (χ0) is 10.7. The summed E-state index contributed by atoms with van der Waals surface area (Å²) in [6, 6.07) is 5.74. The molecule has 76 valence electrons. The van der Waals surface area contributed by atoms with Crippen molar-refractivity contribution in [2.75, 3.05) is 0 Å². The Morgan fingerprint density at radius 1 is 1.43 bits per heavy atom. The molecular weight excluding hydrogens is 196 g/mol. The summed E-state index contributed by atoms with van der Waals surface area (Å²) in [5, 5.41) is 0.677. The average Bonchev–Trinajstić information content (AvgIpc) is 2.12. The normalized spacial score (nSPS) is 12.2. The molecule has 0 radical (unpaired) electrons. The molecular formula is C11H15ClN2. The van der Waals surface area contributed by atoms with E-state index in [1.54, 1.807) is 0 Å². The van der Waals surface area contributed by atoms with Crippen molar-refractivity contribution in [1.82, 2.24) is 0 Å². The fourth-order valence-corrected chi connectivity index (χ4v) is 1.15. The second kappa shape index (κ2) is 4.47. The van der Waals surface area contributed by atoms with E-state index in [-0.39, 0.29) is 5.92 Å². The second-order valence-corrected chi connectivity index (χ2v) is 3.98. The molecule has 2 N–H and O–H groups in total. The standard InChI is InChI=1S/C11H15ClN2/c1-7(2)11(13)14-9-6-4-5-8(3)10(9)12/h4-7H,1-3H3,(H2,13,14). The Kier molecular flexibility index (Phi) is 3.53. The maximum absolute atomic E-state index is 6.08. The van der Waals surface area contributed by atoms with Crippen molar-refractivity contribution in [3.05, 3.63) is 28.8 Å². The summed E-state index contributed by atoms with van der Waals surface area (Å²) < 4.78 is 0. The van der Waals surface area contributed by atoms with E-state index in [1.807, 2.05) is 39.0 Å². The molecule has 0 aliphatic carbocycles. The summed E-state index contributed by atoms with van der Waals surface area (Å²) >= 11 is 6.08. The molecule has 0 saturated carbocycles. The molecule has 1 aromatic carbocycles. The molecule has 14 heavy (non-hydrogen) atoms. The first-order valence-corrected chi connectivity index (χ1v) is 4.99. The van der Waals surface area contributed by atoms with Gasteiger partial charge >= 0.3 is 0 Å². The van der Waals surface area contributed by atoms with Crippen LogP contribution in [0.4, 0.5) is 5.69 Å². The highest BCUT2D eigenvalue weighted by molar-refractivity contribution is 6.33. The number of hydrogen-bond acceptors (Lipinski definition) is 1. The third-order valence-corrected chi connectivity index (χ3v) is 2.50. The lowest BCUT2D eigenvalue weighted by Crippen LogP contribution is -2.18. The van der Waals surface area contributed by atoms with Gasteiger partial charge in [-0.1, -0.05) is 37.6 Å². The minimum absolute atomic E-state index is 0.242. The first kappa shape index (κ1) is 11.1. The van der Waals surface area contributed by atoms with Crippen LogP contribution in [0.5, 0.6) is 0 Å². The van der Waals surface area contributed by atoms with Crippen molar-refractivity contribution in [2.24, 2.45) is 16.6 Å². The van der Waals surface area contributed by atoms with Crippen LogP contribution in [0.15, 0.2) is 23.2 Å². The molecule has 2 nitrogen and oxygen atoms in total. The van der Waals surface area contributed by atoms with Gasteiger partial charge in [-0.2, -0.15) is 0 Å². The summed E-state index contributed by atoms with van der Waals surface area (Å²) in [7, 11) is 0. The Balaban J connectivity index is 3.09. The van der Waals surface area contributed by atoms with Gasteiger partial charge in [-0.05, 0) is 18.6 Å². The summed E-state index contributed by atoms with van der Waals surface area (Å²) in [5.74, 6) is 0.851. The van der Waals surface area contributed by atoms with Gasteiger partial charge in [0, 0.05) is 5.92 Å². The molecule has 0 saturated heterocycles. The van der Waals surface area contributed by atoms with Gasteiger partial charge in [-0.3, -0.25) is 0 Å². The lowest BCUT2D eigenvalue weighted by atomic mass is 10.2. The Morgan fingerprint density at radius 2 is 2.07 bits per heavy atom. The van der Waals surface area contributed by atoms with E-state index in [9.17, 15) is 0 Å². The topological polar surface area (TPSA) is 38.4 Å². The molecule has 0 bridgehead atoms. The summed E-state index contributed by atoms with van der Waals surface area (Å²) in [6.45, 7) is 5.96. The molecule has 0 spiro atoms. The van der Waals surface area contributed by atoms with Gasteiger partial charge in [0.1, 0.15) is 5.84 Å². The van der Waals surface area contributed by atoms with Gasteiger partial charge in [0.25, 0.3) is 0 Å². The molecule has 0 aromatic heterocycles. The van der Waals surface area contributed by atoms with Gasteiger partial charge in [-0.15, -0.1) is 0 Å². The summed E-state index contributed by atoms with van der Waals surface area (Å²) in [5.41, 5.74) is 7.52. The van der Waals surface area contributed by atoms with Crippen LogP contribution in [0.25, 0.3) is 0 Å². The van der Waals surface area contributed by atoms with Crippen molar-refractivity contribution in [1.29, 1.82) is 0 Å². The predicted octanol–water partition coefficient (Wildman–Crippen LogP) is 3.29. The van der Waals surface area contributed by atoms with E-state index in [0.717, 1.165) is 11.3 Å². The van der Waals surface area contributed by atoms with Crippen LogP contribution < -0.4 is 5.73 Å². The first-order chi connectivity index (χ1) is 6.52. The Labute approximate surface area is 89.8 Å². The van der Waals surface area contributed by atoms with E-state index in [2.05, 4.69) is 4.99 Å². The van der Waals surface area contributed by atoms with Gasteiger partial charge < -0.3 is 5.73 Å². The first-order valence-electron chi connectivity index (χ1n) is 4.61. The number of nitrogens with zero attached hydrogens (tertiary/aromatic N) is 1. The molecule has 0 aliphatic rings. The minimum Gasteiger partial charge on any atom is -0.387 e. The van der Waals surface area contributed by atoms with Crippen molar-refractivity contribution >= 4 is 23.1 Å². The van der Waals surface area contributed by atoms with Crippen LogP contribution in [-0.4, -0.2) is 5.84 Å². The Morgan fingerprint density at radius 3 is 2.64 bits per heavy atom. The van der Waals surface area contributed by atoms with Crippen LogP contribution in [0.1, 0.15) is 19.4 Å². The maximum Gasteiger partial charge on any atom is 0.102 e. The molecule has 0 atom stereocenters. The third-order valence-electron chi connectivity index (χ3n) is 2.01. The molecule has 0 unspecified atom stereocenters. The molecule has 0 heterocycles. The molecule has 1 aromatic rings. The van der Waals surface area contributed by atoms with Gasteiger partial charge in [-0.25, -0.2) is 4.99 Å². The van der Waals surface area contributed by atoms with Crippen molar-refractivity contribution in [2.45, 2.75) is 20.8 Å². The fourth-order valence-electron chi connectivity index (χ4n) is 0.986. The minimum atomic E-state index is 0.242. The number of rotatable bonds is 2. The van der Waals surface area contributed by atoms with Crippen molar-refractivity contribution in [3.63, 3.8) is 0 Å². The van der Waals surface area contributed by atoms with Crippen molar-refractivity contribution < 1.29 is 0 Å². The highest BCUT2D eigenvalue weighted by Gasteiger charge is 2.04. The number of aliphatic imine (C=N–C) groups is 1. The van der Waals surface area contributed by atoms with Crippen LogP contribution in [0, 0.1) is 12.8 Å². The predicted molar refractivity (Wildman–Crippen MR) is 62.3 cm³/mol. The Hall–Kier alpha value is -1.02. The van der Waals surface area contributed by atoms with E-state index >= 15 is 0 Å². The van der Waals surface area contributed by atoms with Gasteiger partial charge in [0.05, 0.1) is 10.7 Å². The second-order valence-electron chi connectivity index (χ2n) is 3.60. The fraction of sp³-hybridized carbons (Fsp3) is 0.364. The van der Waals surface area contributed by atoms with Crippen LogP contribution >= 0.6 is 11.6 Å². The average molecular weight is 211 g/mol. The van der Waals surface area contributed by atoms with Crippen LogP contribution in [0.3, 0.4) is 0 Å². The lowest BCUT2D eigenvalue weighted by Gasteiger charge is -2.06. The molecule has 0 amide bonds. The Bertz CT molecular complexity index is 356. The summed E-state index contributed by atoms with van der Waals surface area (Å²) in [4.78, 5) is 4.28. The smallest absolute Gasteiger partial charge is 0.102 e. The zero-order valence-corrected chi connectivity index (χ0v) is 9.47. The molecule has 1 rings (SSSR count). The molecule has 0 aliphatic heterocycles. The highest BCUT2D eigenvalue weighted by Crippen LogP contribution is 2.27. The van der Waals surface area contributed by atoms with E-state index < -0.39 is 0 Å². The van der Waals surface area contributed by atoms with E-state index in [1.165, 1.54) is 0 Å². The van der Waals surface area contributed by atoms with Crippen molar-refractivity contribution in [3.8, 4) is 0 Å². The van der Waals surface area contributed by atoms with E-state index in [0.29, 0.717) is 10.9 Å². The van der Waals surface area contributed by atoms with Gasteiger partial charge in [0.2, 0.25) is 0 Å². The number of nitrogens with two attached hydrogens (primary N) is 1. The number of halogens is 1. The number of hydrogen-bond donors (Lipinski definition) is 1. The van der Waals surface area contributed by atoms with E-state index in [4.69, 9.17) is 17.3 Å². The van der Waals surface area contributed by atoms with Crippen LogP contribution in [-0.2, 0) is 0 Å². The SMILES string of the molecule is Cc1cccc(N=C(N)C(C)C)c1Cl. The number of aryl methyl sites for hydroxylation is 1. The molecule has 0 fully saturated rings. The number of amidine groups is 1. The lowest BCUT2D eigenvalue weighted by molar-refractivity contribution is 0.873. The largest absolute Gasteiger partial charge is 0.387 e. The number of benzene rings is 1. The molecule has 3 heteroatoms. The van der Waals surface area contributed by atoms with Gasteiger partial charge in [0.15, 0.2) is 0 Å². The third kappa shape index (κ3) is 2.48.